The predicted octanol–water partition coefficient (Wildman–Crippen LogP) is 11.6. The molecule has 0 aromatic heterocycles. The van der Waals surface area contributed by atoms with E-state index >= 15 is 0 Å². The van der Waals surface area contributed by atoms with E-state index in [1.165, 1.54) is 0 Å². The molecule has 0 saturated heterocycles. The van der Waals surface area contributed by atoms with E-state index in [1.54, 1.807) is 12.2 Å². The summed E-state index contributed by atoms with van der Waals surface area (Å²) in [5.41, 5.74) is 0. The minimum absolute atomic E-state index is 0.125. The maximum Gasteiger partial charge on any atom is 0.0662 e. The number of hydrogen-bond donors (Lipinski definition) is 4. The van der Waals surface area contributed by atoms with E-state index in [0.29, 0.717) is 0 Å². The third kappa shape index (κ3) is 7970. The van der Waals surface area contributed by atoms with Gasteiger partial charge in [0, 0.05) is 0 Å². The van der Waals surface area contributed by atoms with Gasteiger partial charge in [0.25, 0.3) is 0 Å². The Morgan fingerprint density at radius 2 is 0.286 bits per heavy atom. The molecule has 42 heavy (non-hydrogen) atoms. The molecule has 0 heterocycles. The van der Waals surface area contributed by atoms with Crippen LogP contribution in [0.25, 0.3) is 0 Å². The third-order valence-corrected chi connectivity index (χ3v) is 0.200. The molecule has 0 spiro atoms. The molecule has 4 heteroatoms. The fraction of sp³-hybridized carbons (Fsp3) is 0.158. The van der Waals surface area contributed by atoms with Crippen LogP contribution in [-0.2, 0) is 0 Å². The van der Waals surface area contributed by atoms with E-state index in [9.17, 15) is 0 Å². The van der Waals surface area contributed by atoms with Crippen molar-refractivity contribution in [1.29, 1.82) is 0 Å². The van der Waals surface area contributed by atoms with Crippen LogP contribution in [0.3, 0.4) is 0 Å². The average Bonchev–Trinajstić information content (AvgIpc) is 3.17. The van der Waals surface area contributed by atoms with E-state index in [0.717, 1.165) is 0 Å². The van der Waals surface area contributed by atoms with Gasteiger partial charge in [-0.25, -0.2) is 0 Å². The van der Waals surface area contributed by atoms with Gasteiger partial charge in [0.2, 0.25) is 0 Å². The monoisotopic (exact) mass is 601 g/mol. The van der Waals surface area contributed by atoms with Crippen molar-refractivity contribution in [1.82, 2.24) is 0 Å². The van der Waals surface area contributed by atoms with Crippen molar-refractivity contribution in [2.75, 3.05) is 26.4 Å². The average molecular weight is 601 g/mol. The summed E-state index contributed by atoms with van der Waals surface area (Å²) < 4.78 is 0. The molecule has 0 aromatic carbocycles. The Bertz CT molecular complexity index is 168. The molecule has 0 rings (SSSR count). The van der Waals surface area contributed by atoms with Gasteiger partial charge in [-0.15, -0.1) is 197 Å². The largest absolute Gasteiger partial charge is 0.394 e. The van der Waals surface area contributed by atoms with Crippen LogP contribution in [-0.4, -0.2) is 46.9 Å². The molecule has 0 aliphatic heterocycles. The Balaban J connectivity index is -0.00000000916. The molecule has 0 aromatic rings. The molecule has 0 atom stereocenters. The van der Waals surface area contributed by atoms with Crippen LogP contribution in [0.15, 0.2) is 210 Å². The second-order valence-corrected chi connectivity index (χ2v) is 1.71. The number of hydrogen-bond acceptors (Lipinski definition) is 4. The van der Waals surface area contributed by atoms with Gasteiger partial charge in [-0.3, -0.25) is 0 Å². The van der Waals surface area contributed by atoms with Crippen molar-refractivity contribution in [3.8, 4) is 0 Å². The molecule has 0 bridgehead atoms. The molecular formula is C38H80O4. The summed E-state index contributed by atoms with van der Waals surface area (Å²) in [6, 6.07) is 0. The van der Waals surface area contributed by atoms with E-state index in [4.69, 9.17) is 20.4 Å². The van der Waals surface area contributed by atoms with Gasteiger partial charge in [0.15, 0.2) is 0 Å². The number of aliphatic hydroxyl groups is 4. The Morgan fingerprint density at radius 1 is 0.262 bits per heavy atom. The zero-order valence-electron chi connectivity index (χ0n) is 29.0. The smallest absolute Gasteiger partial charge is 0.0662 e. The zero-order chi connectivity index (χ0) is 40.2. The second-order valence-electron chi connectivity index (χ2n) is 1.71. The van der Waals surface area contributed by atoms with Crippen LogP contribution in [0.5, 0.6) is 0 Å². The van der Waals surface area contributed by atoms with Gasteiger partial charge >= 0.3 is 0 Å². The number of aliphatic hydroxyl groups excluding tert-OH is 4. The molecule has 0 saturated carbocycles. The SMILES string of the molecule is C=C.C=C.C=C.C=C.C=C.C=C.C=C.C=C.C=C.C=C.C=C.C=C.C=C.C=C.C=CC.C=CC.OCCO.OCCO. The van der Waals surface area contributed by atoms with Gasteiger partial charge in [0.1, 0.15) is 0 Å². The quantitative estimate of drug-likeness (QED) is 0.238. The molecule has 0 amide bonds. The summed E-state index contributed by atoms with van der Waals surface area (Å²) in [6.45, 7) is 94.0. The lowest BCUT2D eigenvalue weighted by molar-refractivity contribution is 0.186. The summed E-state index contributed by atoms with van der Waals surface area (Å²) in [5, 5.41) is 30.5. The fourth-order valence-electron chi connectivity index (χ4n) is 0. The van der Waals surface area contributed by atoms with Crippen LogP contribution >= 0.6 is 0 Å². The molecule has 4 N–H and O–H groups in total. The molecule has 0 radical (unpaired) electrons. The molecule has 0 unspecified atom stereocenters. The lowest BCUT2D eigenvalue weighted by Crippen LogP contribution is -1.85. The van der Waals surface area contributed by atoms with E-state index in [-0.39, 0.29) is 26.4 Å². The van der Waals surface area contributed by atoms with Gasteiger partial charge in [-0.2, -0.15) is 0 Å². The lowest BCUT2D eigenvalue weighted by atomic mass is 10.8. The van der Waals surface area contributed by atoms with E-state index in [1.807, 2.05) is 13.8 Å². The number of allylic oxidation sites excluding steroid dienone is 2. The van der Waals surface area contributed by atoms with Crippen molar-refractivity contribution < 1.29 is 20.4 Å². The van der Waals surface area contributed by atoms with Crippen molar-refractivity contribution in [3.05, 3.63) is 210 Å². The van der Waals surface area contributed by atoms with Gasteiger partial charge in [0.05, 0.1) is 26.4 Å². The molecule has 0 aliphatic rings. The Kier molecular flexibility index (Phi) is 51600. The molecule has 256 valence electrons. The van der Waals surface area contributed by atoms with Crippen LogP contribution in [0.4, 0.5) is 0 Å². The van der Waals surface area contributed by atoms with Crippen LogP contribution in [0.2, 0.25) is 0 Å². The van der Waals surface area contributed by atoms with Crippen LogP contribution in [0.1, 0.15) is 13.8 Å². The van der Waals surface area contributed by atoms with Crippen molar-refractivity contribution in [2.45, 2.75) is 13.8 Å². The normalized spacial score (nSPS) is 3.38. The van der Waals surface area contributed by atoms with Crippen molar-refractivity contribution in [2.24, 2.45) is 0 Å². The first-order valence-electron chi connectivity index (χ1n) is 11.2. The summed E-state index contributed by atoms with van der Waals surface area (Å²) in [5.74, 6) is 0. The first-order chi connectivity index (χ1) is 20.7. The molecule has 0 aliphatic carbocycles. The topological polar surface area (TPSA) is 80.9 Å². The number of rotatable bonds is 2. The Labute approximate surface area is 269 Å². The molecule has 4 nitrogen and oxygen atoms in total. The highest BCUT2D eigenvalue weighted by Gasteiger charge is 1.58. The van der Waals surface area contributed by atoms with Crippen molar-refractivity contribution in [3.63, 3.8) is 0 Å². The van der Waals surface area contributed by atoms with Crippen LogP contribution < -0.4 is 0 Å². The molecule has 0 fully saturated rings. The fourth-order valence-corrected chi connectivity index (χ4v) is 0. The Hall–Kier alpha value is -4.32. The maximum atomic E-state index is 7.62. The maximum absolute atomic E-state index is 7.62. The van der Waals surface area contributed by atoms with Gasteiger partial charge in [-0.1, -0.05) is 12.2 Å². The first kappa shape index (κ1) is 131. The van der Waals surface area contributed by atoms with E-state index in [2.05, 4.69) is 197 Å². The van der Waals surface area contributed by atoms with Crippen LogP contribution in [0, 0.1) is 0 Å². The zero-order valence-corrected chi connectivity index (χ0v) is 29.0. The standard InChI is InChI=1S/2C3H6.2C2H6O2.14C2H4/c2*1-3-2;2*3-1-2-4;14*1-2/h2*3H,1H2,2H3;2*3-4H,1-2H2;14*1-2H2. The summed E-state index contributed by atoms with van der Waals surface area (Å²) in [7, 11) is 0. The minimum Gasteiger partial charge on any atom is -0.394 e. The summed E-state index contributed by atoms with van der Waals surface area (Å²) >= 11 is 0. The second kappa shape index (κ2) is 16500. The van der Waals surface area contributed by atoms with Gasteiger partial charge < -0.3 is 20.4 Å². The van der Waals surface area contributed by atoms with Gasteiger partial charge in [-0.05, 0) is 13.8 Å². The Morgan fingerprint density at radius 3 is 0.286 bits per heavy atom. The van der Waals surface area contributed by atoms with Crippen molar-refractivity contribution >= 4 is 0 Å². The first-order valence-corrected chi connectivity index (χ1v) is 11.2. The predicted molar refractivity (Wildman–Crippen MR) is 218 cm³/mol. The third-order valence-electron chi connectivity index (χ3n) is 0.200. The summed E-state index contributed by atoms with van der Waals surface area (Å²) in [4.78, 5) is 0. The lowest BCUT2D eigenvalue weighted by Gasteiger charge is -1.70. The highest BCUT2D eigenvalue weighted by atomic mass is 16.3. The highest BCUT2D eigenvalue weighted by Crippen LogP contribution is 1.40. The minimum atomic E-state index is -0.125. The highest BCUT2D eigenvalue weighted by molar-refractivity contribution is 4.52. The van der Waals surface area contributed by atoms with E-state index < -0.39 is 0 Å². The summed E-state index contributed by atoms with van der Waals surface area (Å²) in [6.07, 6.45) is 3.50. The molecular weight excluding hydrogens is 520 g/mol.